The number of benzene rings is 1. The second-order valence-electron chi connectivity index (χ2n) is 5.52. The molecule has 1 saturated heterocycles. The quantitative estimate of drug-likeness (QED) is 0.896. The van der Waals surface area contributed by atoms with Crippen LogP contribution in [0.5, 0.6) is 0 Å². The van der Waals surface area contributed by atoms with Gasteiger partial charge in [-0.2, -0.15) is 4.31 Å². The van der Waals surface area contributed by atoms with Gasteiger partial charge < -0.3 is 10.2 Å². The van der Waals surface area contributed by atoms with E-state index in [1.807, 2.05) is 14.0 Å². The molecule has 1 atom stereocenters. The fraction of sp³-hybridized carbons (Fsp3) is 0.571. The number of likely N-dealkylation sites (N-methyl/N-ethyl adjacent to an activating group) is 1. The Labute approximate surface area is 125 Å². The number of hydrogen-bond donors (Lipinski definition) is 1. The van der Waals surface area contributed by atoms with E-state index in [2.05, 4.69) is 10.2 Å². The van der Waals surface area contributed by atoms with E-state index in [1.54, 1.807) is 13.1 Å². The average Bonchev–Trinajstić information content (AvgIpc) is 2.38. The van der Waals surface area contributed by atoms with Gasteiger partial charge in [-0.05, 0) is 38.7 Å². The van der Waals surface area contributed by atoms with Crippen molar-refractivity contribution in [3.05, 3.63) is 29.6 Å². The molecule has 0 saturated carbocycles. The highest BCUT2D eigenvalue weighted by Gasteiger charge is 2.34. The van der Waals surface area contributed by atoms with E-state index in [0.29, 0.717) is 26.2 Å². The normalized spacial score (nSPS) is 21.6. The summed E-state index contributed by atoms with van der Waals surface area (Å²) in [6.07, 6.45) is 0. The van der Waals surface area contributed by atoms with E-state index in [0.717, 1.165) is 5.56 Å². The van der Waals surface area contributed by atoms with Crippen molar-refractivity contribution in [2.24, 2.45) is 0 Å². The first-order valence-electron chi connectivity index (χ1n) is 6.99. The van der Waals surface area contributed by atoms with Crippen LogP contribution in [-0.4, -0.2) is 57.4 Å². The standard InChI is InChI=1S/C14H22FN3O2S/c1-11-10-17(3)6-7-18(11)21(19,20)14-5-4-12(9-16-2)8-13(14)15/h4-5,8,11,16H,6-7,9-10H2,1-3H3. The first kappa shape index (κ1) is 16.4. The van der Waals surface area contributed by atoms with Crippen LogP contribution < -0.4 is 5.32 Å². The molecular weight excluding hydrogens is 293 g/mol. The number of hydrogen-bond acceptors (Lipinski definition) is 4. The highest BCUT2D eigenvalue weighted by atomic mass is 32.2. The SMILES string of the molecule is CNCc1ccc(S(=O)(=O)N2CCN(C)CC2C)c(F)c1. The summed E-state index contributed by atoms with van der Waals surface area (Å²) in [5.74, 6) is -0.686. The van der Waals surface area contributed by atoms with Crippen LogP contribution in [0.2, 0.25) is 0 Å². The Morgan fingerprint density at radius 2 is 2.10 bits per heavy atom. The average molecular weight is 315 g/mol. The Bertz CT molecular complexity index is 606. The summed E-state index contributed by atoms with van der Waals surface area (Å²) in [7, 11) is -0.0754. The lowest BCUT2D eigenvalue weighted by Crippen LogP contribution is -2.52. The van der Waals surface area contributed by atoms with Crippen molar-refractivity contribution in [3.63, 3.8) is 0 Å². The molecule has 0 aliphatic carbocycles. The van der Waals surface area contributed by atoms with Gasteiger partial charge >= 0.3 is 0 Å². The number of rotatable bonds is 4. The summed E-state index contributed by atoms with van der Waals surface area (Å²) in [6, 6.07) is 4.13. The molecule has 1 fully saturated rings. The lowest BCUT2D eigenvalue weighted by atomic mass is 10.2. The van der Waals surface area contributed by atoms with E-state index < -0.39 is 15.8 Å². The lowest BCUT2D eigenvalue weighted by molar-refractivity contribution is 0.170. The lowest BCUT2D eigenvalue weighted by Gasteiger charge is -2.37. The van der Waals surface area contributed by atoms with Gasteiger partial charge in [0.25, 0.3) is 0 Å². The fourth-order valence-corrected chi connectivity index (χ4v) is 4.33. The van der Waals surface area contributed by atoms with Crippen molar-refractivity contribution in [1.29, 1.82) is 0 Å². The minimum absolute atomic E-state index is 0.162. The summed E-state index contributed by atoms with van der Waals surface area (Å²) >= 11 is 0. The maximum absolute atomic E-state index is 14.2. The highest BCUT2D eigenvalue weighted by molar-refractivity contribution is 7.89. The van der Waals surface area contributed by atoms with Gasteiger partial charge in [-0.1, -0.05) is 6.07 Å². The minimum atomic E-state index is -3.79. The number of nitrogens with zero attached hydrogens (tertiary/aromatic N) is 2. The van der Waals surface area contributed by atoms with Crippen molar-refractivity contribution in [2.45, 2.75) is 24.4 Å². The molecule has 118 valence electrons. The topological polar surface area (TPSA) is 52.7 Å². The summed E-state index contributed by atoms with van der Waals surface area (Å²) in [5.41, 5.74) is 0.723. The molecule has 1 aromatic rings. The van der Waals surface area contributed by atoms with Crippen LogP contribution in [-0.2, 0) is 16.6 Å². The van der Waals surface area contributed by atoms with Crippen LogP contribution in [0.4, 0.5) is 4.39 Å². The third-order valence-electron chi connectivity index (χ3n) is 3.73. The largest absolute Gasteiger partial charge is 0.316 e. The van der Waals surface area contributed by atoms with Crippen LogP contribution >= 0.6 is 0 Å². The van der Waals surface area contributed by atoms with Gasteiger partial charge in [-0.15, -0.1) is 0 Å². The molecule has 1 aliphatic rings. The van der Waals surface area contributed by atoms with Crippen LogP contribution in [0.15, 0.2) is 23.1 Å². The number of nitrogens with one attached hydrogen (secondary N) is 1. The molecule has 1 aliphatic heterocycles. The van der Waals surface area contributed by atoms with Crippen molar-refractivity contribution in [1.82, 2.24) is 14.5 Å². The molecule has 1 unspecified atom stereocenters. The maximum Gasteiger partial charge on any atom is 0.246 e. The predicted octanol–water partition coefficient (Wildman–Crippen LogP) is 0.870. The zero-order chi connectivity index (χ0) is 15.6. The second-order valence-corrected chi connectivity index (χ2v) is 7.38. The van der Waals surface area contributed by atoms with E-state index in [9.17, 15) is 12.8 Å². The molecule has 0 aromatic heterocycles. The van der Waals surface area contributed by atoms with Crippen LogP contribution in [0.25, 0.3) is 0 Å². The first-order valence-corrected chi connectivity index (χ1v) is 8.43. The third-order valence-corrected chi connectivity index (χ3v) is 5.78. The Kier molecular flexibility index (Phi) is 4.98. The highest BCUT2D eigenvalue weighted by Crippen LogP contribution is 2.24. The molecule has 0 spiro atoms. The first-order chi connectivity index (χ1) is 9.86. The predicted molar refractivity (Wildman–Crippen MR) is 80.0 cm³/mol. The second kappa shape index (κ2) is 6.39. The minimum Gasteiger partial charge on any atom is -0.316 e. The Hall–Kier alpha value is -1.02. The van der Waals surface area contributed by atoms with Gasteiger partial charge in [-0.25, -0.2) is 12.8 Å². The molecule has 5 nitrogen and oxygen atoms in total. The zero-order valence-corrected chi connectivity index (χ0v) is 13.5. The monoisotopic (exact) mass is 315 g/mol. The number of piperazine rings is 1. The van der Waals surface area contributed by atoms with Gasteiger partial charge in [0.15, 0.2) is 0 Å². The Balaban J connectivity index is 2.31. The van der Waals surface area contributed by atoms with E-state index >= 15 is 0 Å². The number of sulfonamides is 1. The van der Waals surface area contributed by atoms with Crippen LogP contribution in [0, 0.1) is 5.82 Å². The third kappa shape index (κ3) is 3.42. The van der Waals surface area contributed by atoms with Gasteiger partial charge in [0, 0.05) is 32.2 Å². The van der Waals surface area contributed by atoms with Gasteiger partial charge in [0.1, 0.15) is 10.7 Å². The summed E-state index contributed by atoms with van der Waals surface area (Å²) in [4.78, 5) is 1.84. The number of halogens is 1. The molecule has 1 N–H and O–H groups in total. The van der Waals surface area contributed by atoms with Crippen molar-refractivity contribution in [2.75, 3.05) is 33.7 Å². The van der Waals surface area contributed by atoms with Crippen molar-refractivity contribution >= 4 is 10.0 Å². The maximum atomic E-state index is 14.2. The molecule has 0 amide bonds. The van der Waals surface area contributed by atoms with E-state index in [4.69, 9.17) is 0 Å². The summed E-state index contributed by atoms with van der Waals surface area (Å²) in [6.45, 7) is 4.04. The molecule has 1 heterocycles. The molecule has 2 rings (SSSR count). The van der Waals surface area contributed by atoms with E-state index in [1.165, 1.54) is 16.4 Å². The van der Waals surface area contributed by atoms with Crippen LogP contribution in [0.1, 0.15) is 12.5 Å². The summed E-state index contributed by atoms with van der Waals surface area (Å²) in [5, 5.41) is 2.91. The molecular formula is C14H22FN3O2S. The Morgan fingerprint density at radius 3 is 2.67 bits per heavy atom. The molecule has 7 heteroatoms. The molecule has 0 bridgehead atoms. The van der Waals surface area contributed by atoms with E-state index in [-0.39, 0.29) is 10.9 Å². The molecule has 21 heavy (non-hydrogen) atoms. The van der Waals surface area contributed by atoms with Crippen molar-refractivity contribution in [3.8, 4) is 0 Å². The fourth-order valence-electron chi connectivity index (χ4n) is 2.67. The zero-order valence-electron chi connectivity index (χ0n) is 12.6. The van der Waals surface area contributed by atoms with Gasteiger partial charge in [-0.3, -0.25) is 0 Å². The van der Waals surface area contributed by atoms with Crippen LogP contribution in [0.3, 0.4) is 0 Å². The van der Waals surface area contributed by atoms with Gasteiger partial charge in [0.2, 0.25) is 10.0 Å². The molecule has 0 radical (unpaired) electrons. The molecule has 1 aromatic carbocycles. The smallest absolute Gasteiger partial charge is 0.246 e. The van der Waals surface area contributed by atoms with Gasteiger partial charge in [0.05, 0.1) is 0 Å². The van der Waals surface area contributed by atoms with Crippen molar-refractivity contribution < 1.29 is 12.8 Å². The Morgan fingerprint density at radius 1 is 1.38 bits per heavy atom. The summed E-state index contributed by atoms with van der Waals surface area (Å²) < 4.78 is 40.9.